The van der Waals surface area contributed by atoms with Gasteiger partial charge in [0, 0.05) is 29.4 Å². The van der Waals surface area contributed by atoms with Gasteiger partial charge in [-0.2, -0.15) is 5.10 Å². The van der Waals surface area contributed by atoms with Gasteiger partial charge in [0.25, 0.3) is 0 Å². The third-order valence-corrected chi connectivity index (χ3v) is 4.69. The van der Waals surface area contributed by atoms with Gasteiger partial charge >= 0.3 is 0 Å². The van der Waals surface area contributed by atoms with E-state index in [1.807, 2.05) is 6.92 Å². The summed E-state index contributed by atoms with van der Waals surface area (Å²) in [6.45, 7) is 4.26. The van der Waals surface area contributed by atoms with Gasteiger partial charge in [0.2, 0.25) is 0 Å². The highest BCUT2D eigenvalue weighted by molar-refractivity contribution is 5.93. The summed E-state index contributed by atoms with van der Waals surface area (Å²) in [6, 6.07) is 9.79. The van der Waals surface area contributed by atoms with Gasteiger partial charge in [-0.05, 0) is 39.2 Å². The Kier molecular flexibility index (Phi) is 3.26. The molecule has 0 amide bonds. The Bertz CT molecular complexity index is 644. The Morgan fingerprint density at radius 3 is 2.67 bits per heavy atom. The molecule has 110 valence electrons. The van der Waals surface area contributed by atoms with Gasteiger partial charge in [0.05, 0.1) is 5.69 Å². The number of anilines is 1. The third kappa shape index (κ3) is 2.48. The van der Waals surface area contributed by atoms with Crippen LogP contribution < -0.4 is 10.2 Å². The largest absolute Gasteiger partial charge is 0.350 e. The summed E-state index contributed by atoms with van der Waals surface area (Å²) in [5, 5.41) is 15.0. The lowest BCUT2D eigenvalue weighted by Gasteiger charge is -2.27. The molecule has 1 aliphatic carbocycles. The van der Waals surface area contributed by atoms with Crippen molar-refractivity contribution in [3.63, 3.8) is 0 Å². The van der Waals surface area contributed by atoms with Crippen LogP contribution in [-0.2, 0) is 0 Å². The van der Waals surface area contributed by atoms with Gasteiger partial charge in [0.1, 0.15) is 0 Å². The smallest absolute Gasteiger partial charge is 0.159 e. The molecule has 0 radical (unpaired) electrons. The number of nitrogens with zero attached hydrogens (tertiary/aromatic N) is 3. The molecule has 0 bridgehead atoms. The van der Waals surface area contributed by atoms with E-state index in [4.69, 9.17) is 0 Å². The van der Waals surface area contributed by atoms with Gasteiger partial charge in [-0.1, -0.05) is 24.3 Å². The van der Waals surface area contributed by atoms with Crippen LogP contribution >= 0.6 is 0 Å². The SMILES string of the molecule is Cc1nnc(N(CC2CCCN2)C2CC2)c2ccccc12. The van der Waals surface area contributed by atoms with E-state index >= 15 is 0 Å². The molecule has 1 aliphatic heterocycles. The van der Waals surface area contributed by atoms with E-state index in [-0.39, 0.29) is 0 Å². The van der Waals surface area contributed by atoms with Gasteiger partial charge in [-0.25, -0.2) is 0 Å². The van der Waals surface area contributed by atoms with Crippen molar-refractivity contribution in [3.8, 4) is 0 Å². The van der Waals surface area contributed by atoms with Crippen LogP contribution in [0.4, 0.5) is 5.82 Å². The molecule has 1 aromatic heterocycles. The Morgan fingerprint density at radius 1 is 1.14 bits per heavy atom. The van der Waals surface area contributed by atoms with E-state index in [9.17, 15) is 0 Å². The zero-order chi connectivity index (χ0) is 14.2. The van der Waals surface area contributed by atoms with Crippen LogP contribution in [0.3, 0.4) is 0 Å². The zero-order valence-corrected chi connectivity index (χ0v) is 12.5. The molecule has 2 heterocycles. The first-order valence-electron chi connectivity index (χ1n) is 8.05. The van der Waals surface area contributed by atoms with Crippen LogP contribution in [-0.4, -0.2) is 35.4 Å². The molecule has 1 aromatic carbocycles. The quantitative estimate of drug-likeness (QED) is 0.936. The Morgan fingerprint density at radius 2 is 1.95 bits per heavy atom. The summed E-state index contributed by atoms with van der Waals surface area (Å²) in [5.74, 6) is 1.08. The number of hydrogen-bond acceptors (Lipinski definition) is 4. The first-order valence-corrected chi connectivity index (χ1v) is 8.05. The highest BCUT2D eigenvalue weighted by Gasteiger charge is 2.33. The highest BCUT2D eigenvalue weighted by Crippen LogP contribution is 2.35. The summed E-state index contributed by atoms with van der Waals surface area (Å²) in [6.07, 6.45) is 5.15. The molecule has 4 nitrogen and oxygen atoms in total. The van der Waals surface area contributed by atoms with Crippen molar-refractivity contribution in [2.75, 3.05) is 18.0 Å². The lowest BCUT2D eigenvalue weighted by molar-refractivity contribution is 0.575. The fourth-order valence-electron chi connectivity index (χ4n) is 3.38. The van der Waals surface area contributed by atoms with Crippen molar-refractivity contribution in [3.05, 3.63) is 30.0 Å². The molecule has 4 heteroatoms. The molecule has 2 aliphatic rings. The highest BCUT2D eigenvalue weighted by atomic mass is 15.3. The number of nitrogens with one attached hydrogen (secondary N) is 1. The van der Waals surface area contributed by atoms with Crippen LogP contribution in [0.2, 0.25) is 0 Å². The van der Waals surface area contributed by atoms with Crippen molar-refractivity contribution in [1.82, 2.24) is 15.5 Å². The maximum absolute atomic E-state index is 4.56. The number of aryl methyl sites for hydroxylation is 1. The number of benzene rings is 1. The molecule has 1 saturated carbocycles. The number of aromatic nitrogens is 2. The second-order valence-electron chi connectivity index (χ2n) is 6.33. The third-order valence-electron chi connectivity index (χ3n) is 4.69. The predicted octanol–water partition coefficient (Wildman–Crippen LogP) is 2.66. The van der Waals surface area contributed by atoms with E-state index in [1.165, 1.54) is 36.5 Å². The van der Waals surface area contributed by atoms with Gasteiger partial charge < -0.3 is 10.2 Å². The fraction of sp³-hybridized carbons (Fsp3) is 0.529. The molecule has 0 spiro atoms. The Hall–Kier alpha value is -1.68. The summed E-state index contributed by atoms with van der Waals surface area (Å²) < 4.78 is 0. The summed E-state index contributed by atoms with van der Waals surface area (Å²) in [4.78, 5) is 2.50. The molecule has 1 unspecified atom stereocenters. The summed E-state index contributed by atoms with van der Waals surface area (Å²) >= 11 is 0. The molecule has 1 atom stereocenters. The topological polar surface area (TPSA) is 41.1 Å². The first-order chi connectivity index (χ1) is 10.3. The monoisotopic (exact) mass is 282 g/mol. The van der Waals surface area contributed by atoms with E-state index in [1.54, 1.807) is 0 Å². The standard InChI is InChI=1S/C17H22N4/c1-12-15-6-2-3-7-16(15)17(20-19-12)21(14-8-9-14)11-13-5-4-10-18-13/h2-3,6-7,13-14,18H,4-5,8-11H2,1H3. The zero-order valence-electron chi connectivity index (χ0n) is 12.5. The van der Waals surface area contributed by atoms with Crippen LogP contribution in [0.1, 0.15) is 31.4 Å². The van der Waals surface area contributed by atoms with Gasteiger partial charge in [0.15, 0.2) is 5.82 Å². The minimum absolute atomic E-state index is 0.604. The normalized spacial score (nSPS) is 21.9. The Labute approximate surface area is 125 Å². The van der Waals surface area contributed by atoms with Gasteiger partial charge in [-0.3, -0.25) is 0 Å². The summed E-state index contributed by atoms with van der Waals surface area (Å²) in [7, 11) is 0. The van der Waals surface area contributed by atoms with Crippen molar-refractivity contribution in [2.45, 2.75) is 44.7 Å². The summed E-state index contributed by atoms with van der Waals surface area (Å²) in [5.41, 5.74) is 1.02. The molecular formula is C17H22N4. The van der Waals surface area contributed by atoms with Crippen LogP contribution in [0.25, 0.3) is 10.8 Å². The van der Waals surface area contributed by atoms with Crippen molar-refractivity contribution >= 4 is 16.6 Å². The maximum Gasteiger partial charge on any atom is 0.159 e. The number of rotatable bonds is 4. The molecular weight excluding hydrogens is 260 g/mol. The molecule has 2 fully saturated rings. The average Bonchev–Trinajstić information content (AvgIpc) is 3.23. The fourth-order valence-corrected chi connectivity index (χ4v) is 3.38. The number of hydrogen-bond donors (Lipinski definition) is 1. The van der Waals surface area contributed by atoms with Crippen molar-refractivity contribution in [1.29, 1.82) is 0 Å². The van der Waals surface area contributed by atoms with Crippen LogP contribution in [0.15, 0.2) is 24.3 Å². The van der Waals surface area contributed by atoms with E-state index in [0.29, 0.717) is 12.1 Å². The van der Waals surface area contributed by atoms with Crippen LogP contribution in [0, 0.1) is 6.92 Å². The lowest BCUT2D eigenvalue weighted by Crippen LogP contribution is -2.39. The van der Waals surface area contributed by atoms with E-state index < -0.39 is 0 Å². The molecule has 1 saturated heterocycles. The van der Waals surface area contributed by atoms with Crippen molar-refractivity contribution < 1.29 is 0 Å². The molecule has 2 aromatic rings. The second kappa shape index (κ2) is 5.26. The maximum atomic E-state index is 4.56. The van der Waals surface area contributed by atoms with E-state index in [2.05, 4.69) is 44.7 Å². The second-order valence-corrected chi connectivity index (χ2v) is 6.33. The van der Waals surface area contributed by atoms with Gasteiger partial charge in [-0.15, -0.1) is 5.10 Å². The molecule has 4 rings (SSSR count). The number of fused-ring (bicyclic) bond motifs is 1. The predicted molar refractivity (Wildman–Crippen MR) is 85.7 cm³/mol. The Balaban J connectivity index is 1.73. The van der Waals surface area contributed by atoms with Crippen LogP contribution in [0.5, 0.6) is 0 Å². The van der Waals surface area contributed by atoms with Crippen molar-refractivity contribution in [2.24, 2.45) is 0 Å². The molecule has 1 N–H and O–H groups in total. The lowest BCUT2D eigenvalue weighted by atomic mass is 10.1. The molecule has 21 heavy (non-hydrogen) atoms. The van der Waals surface area contributed by atoms with E-state index in [0.717, 1.165) is 24.6 Å². The average molecular weight is 282 g/mol. The minimum Gasteiger partial charge on any atom is -0.350 e. The minimum atomic E-state index is 0.604. The first kappa shape index (κ1) is 13.0.